The maximum absolute atomic E-state index is 12.3. The fourth-order valence-electron chi connectivity index (χ4n) is 3.06. The molecule has 10 heteroatoms. The number of hydrogen-bond acceptors (Lipinski definition) is 7. The summed E-state index contributed by atoms with van der Waals surface area (Å²) in [6.07, 6.45) is 2.99. The number of nitrogens with one attached hydrogen (secondary N) is 1. The molecule has 1 amide bonds. The van der Waals surface area contributed by atoms with Gasteiger partial charge in [0.05, 0.1) is 22.9 Å². The zero-order valence-electron chi connectivity index (χ0n) is 17.5. The number of benzene rings is 1. The second kappa shape index (κ2) is 10.9. The molecule has 2 N–H and O–H groups in total. The van der Waals surface area contributed by atoms with E-state index in [2.05, 4.69) is 10.5 Å². The van der Waals surface area contributed by atoms with Gasteiger partial charge in [0, 0.05) is 42.9 Å². The van der Waals surface area contributed by atoms with Gasteiger partial charge in [0.2, 0.25) is 5.91 Å². The number of carbonyl (C=O) groups excluding carboxylic acids is 3. The Labute approximate surface area is 220 Å². The van der Waals surface area contributed by atoms with Gasteiger partial charge >= 0.3 is 51.4 Å². The molecule has 0 aliphatic heterocycles. The fourth-order valence-corrected chi connectivity index (χ4v) is 3.06. The molecule has 2 aromatic heterocycles. The maximum atomic E-state index is 12.3. The van der Waals surface area contributed by atoms with Crippen LogP contribution in [0.5, 0.6) is 5.75 Å². The molecule has 0 saturated heterocycles. The van der Waals surface area contributed by atoms with Crippen molar-refractivity contribution in [2.24, 2.45) is 0 Å². The number of aromatic nitrogens is 2. The average Bonchev–Trinajstić information content (AvgIpc) is 3.31. The summed E-state index contributed by atoms with van der Waals surface area (Å²) in [6.45, 7) is 3.75. The van der Waals surface area contributed by atoms with Crippen molar-refractivity contribution in [1.82, 2.24) is 9.72 Å². The second-order valence-corrected chi connectivity index (χ2v) is 6.69. The van der Waals surface area contributed by atoms with Crippen LogP contribution in [0.25, 0.3) is 11.3 Å². The minimum absolute atomic E-state index is 0. The van der Waals surface area contributed by atoms with Crippen molar-refractivity contribution in [3.8, 4) is 17.1 Å². The molecule has 0 saturated carbocycles. The quantitative estimate of drug-likeness (QED) is 0.333. The molecule has 3 aromatic rings. The molecule has 0 radical (unpaired) electrons. The monoisotopic (exact) mass is 449 g/mol. The number of carbonyl (C=O) groups is 3. The Balaban J connectivity index is 0.00000341. The SMILES string of the molecule is CCn1cc(NC(=O)CCc2noc(-c3ccc(O)cc3)c2C(C)=O)c(C(=O)[O-])c1.[K+]. The summed E-state index contributed by atoms with van der Waals surface area (Å²) in [6, 6.07) is 6.12. The predicted octanol–water partition coefficient (Wildman–Crippen LogP) is -0.990. The smallest absolute Gasteiger partial charge is 0.545 e. The summed E-state index contributed by atoms with van der Waals surface area (Å²) in [7, 11) is 0. The van der Waals surface area contributed by atoms with E-state index >= 15 is 0 Å². The van der Waals surface area contributed by atoms with Gasteiger partial charge in [-0.1, -0.05) is 5.16 Å². The van der Waals surface area contributed by atoms with Gasteiger partial charge in [-0.25, -0.2) is 0 Å². The number of phenols is 1. The third-order valence-electron chi connectivity index (χ3n) is 4.57. The van der Waals surface area contributed by atoms with Crippen molar-refractivity contribution in [2.45, 2.75) is 33.2 Å². The molecule has 1 aromatic carbocycles. The third-order valence-corrected chi connectivity index (χ3v) is 4.57. The van der Waals surface area contributed by atoms with Gasteiger partial charge in [-0.15, -0.1) is 0 Å². The van der Waals surface area contributed by atoms with E-state index in [0.29, 0.717) is 17.8 Å². The number of ketones is 1. The number of rotatable bonds is 8. The first-order valence-electron chi connectivity index (χ1n) is 9.30. The van der Waals surface area contributed by atoms with Gasteiger partial charge in [0.1, 0.15) is 5.75 Å². The van der Waals surface area contributed by atoms with E-state index in [1.807, 2.05) is 6.92 Å². The summed E-state index contributed by atoms with van der Waals surface area (Å²) in [5.74, 6) is -1.75. The molecular formula is C21H20KN3O6. The molecule has 0 aliphatic rings. The Morgan fingerprint density at radius 2 is 1.87 bits per heavy atom. The van der Waals surface area contributed by atoms with Crippen LogP contribution < -0.4 is 61.8 Å². The van der Waals surface area contributed by atoms with Crippen molar-refractivity contribution in [3.05, 3.63) is 53.5 Å². The van der Waals surface area contributed by atoms with Crippen LogP contribution in [-0.2, 0) is 17.8 Å². The summed E-state index contributed by atoms with van der Waals surface area (Å²) in [4.78, 5) is 35.7. The molecule has 0 spiro atoms. The number of aromatic hydroxyl groups is 1. The largest absolute Gasteiger partial charge is 1.00 e. The van der Waals surface area contributed by atoms with E-state index in [4.69, 9.17) is 4.52 Å². The number of Topliss-reactive ketones (excluding diaryl/α,β-unsaturated/α-hetero) is 1. The number of anilines is 1. The van der Waals surface area contributed by atoms with E-state index < -0.39 is 11.9 Å². The molecular weight excluding hydrogens is 429 g/mol. The summed E-state index contributed by atoms with van der Waals surface area (Å²) >= 11 is 0. The third kappa shape index (κ3) is 5.92. The van der Waals surface area contributed by atoms with Gasteiger partial charge in [-0.2, -0.15) is 0 Å². The summed E-state index contributed by atoms with van der Waals surface area (Å²) in [5, 5.41) is 27.2. The van der Waals surface area contributed by atoms with E-state index in [1.165, 1.54) is 31.5 Å². The van der Waals surface area contributed by atoms with Crippen LogP contribution in [0, 0.1) is 0 Å². The molecule has 9 nitrogen and oxygen atoms in total. The Morgan fingerprint density at radius 1 is 1.19 bits per heavy atom. The topological polar surface area (TPSA) is 137 Å². The number of phenolic OH excluding ortho intramolecular Hbond substituents is 1. The standard InChI is InChI=1S/C21H21N3O6.K/c1-3-24-10-15(21(28)29)17(11-24)22-18(27)9-8-16-19(12(2)25)20(30-23-16)13-4-6-14(26)7-5-13;/h4-7,10-11,26H,3,8-9H2,1-2H3,(H,22,27)(H,28,29);/q;+1/p-1. The number of carboxylic acid groups (broad SMARTS) is 1. The Morgan fingerprint density at radius 3 is 2.45 bits per heavy atom. The zero-order valence-corrected chi connectivity index (χ0v) is 20.6. The second-order valence-electron chi connectivity index (χ2n) is 6.69. The van der Waals surface area contributed by atoms with Gasteiger partial charge in [-0.05, 0) is 38.1 Å². The first-order chi connectivity index (χ1) is 14.3. The van der Waals surface area contributed by atoms with E-state index in [-0.39, 0.29) is 98.3 Å². The maximum Gasteiger partial charge on any atom is 1.00 e. The van der Waals surface area contributed by atoms with Crippen LogP contribution in [0.1, 0.15) is 46.7 Å². The summed E-state index contributed by atoms with van der Waals surface area (Å²) in [5.41, 5.74) is 1.21. The minimum atomic E-state index is -1.38. The average molecular weight is 450 g/mol. The van der Waals surface area contributed by atoms with Crippen LogP contribution in [0.2, 0.25) is 0 Å². The van der Waals surface area contributed by atoms with Crippen LogP contribution in [0.4, 0.5) is 5.69 Å². The molecule has 31 heavy (non-hydrogen) atoms. The molecule has 156 valence electrons. The van der Waals surface area contributed by atoms with Gasteiger partial charge < -0.3 is 29.4 Å². The Hall–Kier alpha value is -2.24. The zero-order chi connectivity index (χ0) is 21.8. The minimum Gasteiger partial charge on any atom is -0.545 e. The van der Waals surface area contributed by atoms with Crippen LogP contribution in [0.15, 0.2) is 41.2 Å². The number of aromatic carboxylic acids is 1. The number of carboxylic acids is 1. The first-order valence-corrected chi connectivity index (χ1v) is 9.30. The predicted molar refractivity (Wildman–Crippen MR) is 105 cm³/mol. The van der Waals surface area contributed by atoms with Crippen molar-refractivity contribution in [2.75, 3.05) is 5.32 Å². The van der Waals surface area contributed by atoms with E-state index in [9.17, 15) is 24.6 Å². The van der Waals surface area contributed by atoms with Gasteiger partial charge in [-0.3, -0.25) is 9.59 Å². The molecule has 0 aliphatic carbocycles. The normalized spacial score (nSPS) is 10.4. The molecule has 0 bridgehead atoms. The number of aryl methyl sites for hydroxylation is 2. The van der Waals surface area contributed by atoms with Gasteiger partial charge in [0.15, 0.2) is 11.5 Å². The Bertz CT molecular complexity index is 1100. The van der Waals surface area contributed by atoms with Crippen molar-refractivity contribution in [1.29, 1.82) is 0 Å². The Kier molecular flexibility index (Phi) is 8.77. The van der Waals surface area contributed by atoms with Crippen molar-refractivity contribution >= 4 is 23.3 Å². The van der Waals surface area contributed by atoms with Crippen LogP contribution in [0.3, 0.4) is 0 Å². The van der Waals surface area contributed by atoms with E-state index in [1.54, 1.807) is 16.7 Å². The molecule has 0 atom stereocenters. The van der Waals surface area contributed by atoms with E-state index in [0.717, 1.165) is 0 Å². The molecule has 3 rings (SSSR count). The fraction of sp³-hybridized carbons (Fsp3) is 0.238. The number of amides is 1. The molecule has 2 heterocycles. The molecule has 0 fully saturated rings. The first kappa shape index (κ1) is 25.0. The van der Waals surface area contributed by atoms with Crippen LogP contribution in [-0.4, -0.2) is 32.5 Å². The van der Waals surface area contributed by atoms with Crippen LogP contribution >= 0.6 is 0 Å². The number of nitrogens with zero attached hydrogens (tertiary/aromatic N) is 2. The van der Waals surface area contributed by atoms with Crippen molar-refractivity contribution < 1.29 is 80.5 Å². The van der Waals surface area contributed by atoms with Gasteiger partial charge in [0.25, 0.3) is 0 Å². The molecule has 0 unspecified atom stereocenters. The summed E-state index contributed by atoms with van der Waals surface area (Å²) < 4.78 is 6.95. The van der Waals surface area contributed by atoms with Crippen molar-refractivity contribution in [3.63, 3.8) is 0 Å². The number of hydrogen-bond donors (Lipinski definition) is 2.